The number of sulfonamides is 1. The van der Waals surface area contributed by atoms with Gasteiger partial charge in [-0.3, -0.25) is 0 Å². The van der Waals surface area contributed by atoms with Crippen molar-refractivity contribution in [1.29, 1.82) is 0 Å². The summed E-state index contributed by atoms with van der Waals surface area (Å²) in [5, 5.41) is 12.9. The van der Waals surface area contributed by atoms with Gasteiger partial charge in [-0.15, -0.1) is 0 Å². The smallest absolute Gasteiger partial charge is 0.215 e. The Balaban J connectivity index is 1.93. The maximum absolute atomic E-state index is 12.3. The van der Waals surface area contributed by atoms with Crippen molar-refractivity contribution < 1.29 is 13.5 Å². The summed E-state index contributed by atoms with van der Waals surface area (Å²) in [6, 6.07) is 0.103. The maximum Gasteiger partial charge on any atom is 0.215 e. The minimum absolute atomic E-state index is 0.0350. The van der Waals surface area contributed by atoms with Gasteiger partial charge in [0.05, 0.1) is 11.9 Å². The Labute approximate surface area is 110 Å². The Morgan fingerprint density at radius 3 is 2.72 bits per heavy atom. The zero-order chi connectivity index (χ0) is 13.2. The molecule has 0 saturated carbocycles. The molecule has 6 heteroatoms. The normalized spacial score (nSPS) is 35.6. The van der Waals surface area contributed by atoms with Crippen LogP contribution < -0.4 is 5.32 Å². The highest BCUT2D eigenvalue weighted by Gasteiger charge is 2.33. The third-order valence-corrected chi connectivity index (χ3v) is 5.98. The average molecular weight is 276 g/mol. The van der Waals surface area contributed by atoms with Crippen molar-refractivity contribution in [2.75, 3.05) is 25.4 Å². The van der Waals surface area contributed by atoms with Gasteiger partial charge in [-0.05, 0) is 31.7 Å². The monoisotopic (exact) mass is 276 g/mol. The Bertz CT molecular complexity index is 366. The van der Waals surface area contributed by atoms with Crippen LogP contribution >= 0.6 is 0 Å². The molecule has 0 amide bonds. The summed E-state index contributed by atoms with van der Waals surface area (Å²) in [6.07, 6.45) is 3.40. The van der Waals surface area contributed by atoms with E-state index in [0.717, 1.165) is 25.8 Å². The highest BCUT2D eigenvalue weighted by molar-refractivity contribution is 7.89. The topological polar surface area (TPSA) is 69.6 Å². The van der Waals surface area contributed by atoms with E-state index in [2.05, 4.69) is 5.32 Å². The van der Waals surface area contributed by atoms with Gasteiger partial charge >= 0.3 is 0 Å². The fourth-order valence-electron chi connectivity index (χ4n) is 2.77. The highest BCUT2D eigenvalue weighted by atomic mass is 32.2. The molecule has 0 aromatic heterocycles. The van der Waals surface area contributed by atoms with Gasteiger partial charge in [0.2, 0.25) is 10.0 Å². The molecule has 0 bridgehead atoms. The van der Waals surface area contributed by atoms with Gasteiger partial charge < -0.3 is 10.4 Å². The first-order chi connectivity index (χ1) is 8.49. The van der Waals surface area contributed by atoms with Crippen molar-refractivity contribution in [2.45, 2.75) is 44.8 Å². The van der Waals surface area contributed by atoms with E-state index in [9.17, 15) is 13.5 Å². The lowest BCUT2D eigenvalue weighted by Gasteiger charge is -2.35. The lowest BCUT2D eigenvalue weighted by atomic mass is 9.99. The standard InChI is InChI=1S/C12H24N2O3S/c1-10-8-14(7-5-12(10)15)18(16,17)9-11-4-2-3-6-13-11/h10-13,15H,2-9H2,1H3. The first-order valence-electron chi connectivity index (χ1n) is 6.88. The van der Waals surface area contributed by atoms with Crippen LogP contribution in [0.15, 0.2) is 0 Å². The minimum Gasteiger partial charge on any atom is -0.393 e. The fraction of sp³-hybridized carbons (Fsp3) is 1.00. The number of hydrogen-bond acceptors (Lipinski definition) is 4. The van der Waals surface area contributed by atoms with Gasteiger partial charge in [0.25, 0.3) is 0 Å². The molecule has 106 valence electrons. The van der Waals surface area contributed by atoms with Crippen molar-refractivity contribution in [1.82, 2.24) is 9.62 Å². The van der Waals surface area contributed by atoms with E-state index < -0.39 is 10.0 Å². The first-order valence-corrected chi connectivity index (χ1v) is 8.49. The first kappa shape index (κ1) is 14.2. The Kier molecular flexibility index (Phi) is 4.64. The third kappa shape index (κ3) is 3.44. The summed E-state index contributed by atoms with van der Waals surface area (Å²) in [6.45, 7) is 3.75. The molecule has 0 aromatic carbocycles. The SMILES string of the molecule is CC1CN(S(=O)(=O)CC2CCCCN2)CCC1O. The second-order valence-corrected chi connectivity index (χ2v) is 7.63. The number of rotatable bonds is 3. The molecule has 0 aromatic rings. The van der Waals surface area contributed by atoms with Crippen LogP contribution in [0, 0.1) is 5.92 Å². The molecule has 18 heavy (non-hydrogen) atoms. The fourth-order valence-corrected chi connectivity index (χ4v) is 4.62. The molecule has 2 heterocycles. The Hall–Kier alpha value is -0.170. The van der Waals surface area contributed by atoms with Gasteiger partial charge in [0.15, 0.2) is 0 Å². The van der Waals surface area contributed by atoms with E-state index in [0.29, 0.717) is 19.5 Å². The van der Waals surface area contributed by atoms with Crippen molar-refractivity contribution in [3.05, 3.63) is 0 Å². The molecule has 5 nitrogen and oxygen atoms in total. The van der Waals surface area contributed by atoms with Crippen LogP contribution in [0.25, 0.3) is 0 Å². The summed E-state index contributed by atoms with van der Waals surface area (Å²) in [4.78, 5) is 0. The summed E-state index contributed by atoms with van der Waals surface area (Å²) in [7, 11) is -3.18. The summed E-state index contributed by atoms with van der Waals surface area (Å²) in [5.74, 6) is 0.239. The number of piperidine rings is 2. The lowest BCUT2D eigenvalue weighted by Crippen LogP contribution is -2.49. The second-order valence-electron chi connectivity index (χ2n) is 5.62. The van der Waals surface area contributed by atoms with Crippen molar-refractivity contribution in [2.24, 2.45) is 5.92 Å². The molecule has 2 saturated heterocycles. The van der Waals surface area contributed by atoms with Crippen LogP contribution in [0.4, 0.5) is 0 Å². The highest BCUT2D eigenvalue weighted by Crippen LogP contribution is 2.21. The van der Waals surface area contributed by atoms with Crippen LogP contribution in [-0.2, 0) is 10.0 Å². The van der Waals surface area contributed by atoms with Crippen LogP contribution in [-0.4, -0.2) is 55.4 Å². The zero-order valence-electron chi connectivity index (χ0n) is 11.0. The molecule has 2 aliphatic heterocycles. The van der Waals surface area contributed by atoms with E-state index in [1.54, 1.807) is 4.31 Å². The van der Waals surface area contributed by atoms with E-state index in [1.807, 2.05) is 6.92 Å². The molecule has 2 rings (SSSR count). The van der Waals surface area contributed by atoms with Gasteiger partial charge in [-0.2, -0.15) is 0 Å². The van der Waals surface area contributed by atoms with E-state index >= 15 is 0 Å². The van der Waals surface area contributed by atoms with Crippen molar-refractivity contribution in [3.63, 3.8) is 0 Å². The molecule has 0 aliphatic carbocycles. The molecule has 2 N–H and O–H groups in total. The molecular formula is C12H24N2O3S. The Morgan fingerprint density at radius 2 is 2.11 bits per heavy atom. The van der Waals surface area contributed by atoms with Crippen LogP contribution in [0.5, 0.6) is 0 Å². The molecule has 3 unspecified atom stereocenters. The molecular weight excluding hydrogens is 252 g/mol. The number of aliphatic hydroxyl groups excluding tert-OH is 1. The average Bonchev–Trinajstić information content (AvgIpc) is 2.33. The summed E-state index contributed by atoms with van der Waals surface area (Å²) < 4.78 is 26.2. The van der Waals surface area contributed by atoms with Crippen molar-refractivity contribution >= 4 is 10.0 Å². The van der Waals surface area contributed by atoms with Crippen LogP contribution in [0.2, 0.25) is 0 Å². The number of aliphatic hydroxyl groups is 1. The molecule has 2 aliphatic rings. The largest absolute Gasteiger partial charge is 0.393 e. The number of hydrogen-bond donors (Lipinski definition) is 2. The predicted octanol–water partition coefficient (Wildman–Crippen LogP) is 0.161. The lowest BCUT2D eigenvalue weighted by molar-refractivity contribution is 0.0628. The van der Waals surface area contributed by atoms with Gasteiger partial charge in [0, 0.05) is 19.1 Å². The van der Waals surface area contributed by atoms with Crippen LogP contribution in [0.1, 0.15) is 32.6 Å². The van der Waals surface area contributed by atoms with Gasteiger partial charge in [-0.25, -0.2) is 12.7 Å². The number of nitrogens with zero attached hydrogens (tertiary/aromatic N) is 1. The Morgan fingerprint density at radius 1 is 1.33 bits per heavy atom. The van der Waals surface area contributed by atoms with E-state index in [1.165, 1.54) is 0 Å². The van der Waals surface area contributed by atoms with Crippen LogP contribution in [0.3, 0.4) is 0 Å². The molecule has 2 fully saturated rings. The van der Waals surface area contributed by atoms with E-state index in [-0.39, 0.29) is 23.8 Å². The van der Waals surface area contributed by atoms with Gasteiger partial charge in [0.1, 0.15) is 0 Å². The zero-order valence-corrected chi connectivity index (χ0v) is 11.8. The third-order valence-electron chi connectivity index (χ3n) is 4.04. The second kappa shape index (κ2) is 5.86. The molecule has 0 spiro atoms. The predicted molar refractivity (Wildman–Crippen MR) is 70.8 cm³/mol. The minimum atomic E-state index is -3.18. The van der Waals surface area contributed by atoms with E-state index in [4.69, 9.17) is 0 Å². The maximum atomic E-state index is 12.3. The van der Waals surface area contributed by atoms with Crippen molar-refractivity contribution in [3.8, 4) is 0 Å². The summed E-state index contributed by atoms with van der Waals surface area (Å²) in [5.41, 5.74) is 0. The number of nitrogens with one attached hydrogen (secondary N) is 1. The quantitative estimate of drug-likeness (QED) is 0.770. The molecule has 3 atom stereocenters. The van der Waals surface area contributed by atoms with Gasteiger partial charge in [-0.1, -0.05) is 13.3 Å². The summed E-state index contributed by atoms with van der Waals surface area (Å²) >= 11 is 0. The molecule has 0 radical (unpaired) electrons.